The molecule has 1 aromatic rings. The zero-order valence-electron chi connectivity index (χ0n) is 12.3. The molecule has 1 aromatic carbocycles. The first-order chi connectivity index (χ1) is 9.16. The first-order valence-corrected chi connectivity index (χ1v) is 7.89. The Morgan fingerprint density at radius 1 is 1.45 bits per heavy atom. The van der Waals surface area contributed by atoms with E-state index in [0.717, 1.165) is 0 Å². The standard InChI is InChI=1S/C14H21N3O2S/c1-10(2)14(4,9-16)17-20(18,19)13-6-5-12(8-15)11(3)7-13/h5-7,10,17H,9,16H2,1-4H3. The van der Waals surface area contributed by atoms with Crippen LogP contribution in [0.5, 0.6) is 0 Å². The van der Waals surface area contributed by atoms with Gasteiger partial charge in [0, 0.05) is 12.1 Å². The van der Waals surface area contributed by atoms with E-state index in [9.17, 15) is 8.42 Å². The molecule has 1 rings (SSSR count). The zero-order chi connectivity index (χ0) is 15.6. The van der Waals surface area contributed by atoms with Crippen molar-refractivity contribution in [1.82, 2.24) is 4.72 Å². The molecule has 0 aliphatic carbocycles. The Labute approximate surface area is 120 Å². The van der Waals surface area contributed by atoms with E-state index in [4.69, 9.17) is 11.0 Å². The third kappa shape index (κ3) is 3.37. The van der Waals surface area contributed by atoms with E-state index in [-0.39, 0.29) is 17.4 Å². The van der Waals surface area contributed by atoms with E-state index in [1.165, 1.54) is 18.2 Å². The second-order valence-corrected chi connectivity index (χ2v) is 7.15. The number of nitrogens with one attached hydrogen (secondary N) is 1. The summed E-state index contributed by atoms with van der Waals surface area (Å²) in [6.07, 6.45) is 0. The fraction of sp³-hybridized carbons (Fsp3) is 0.500. The summed E-state index contributed by atoms with van der Waals surface area (Å²) in [4.78, 5) is 0.148. The lowest BCUT2D eigenvalue weighted by molar-refractivity contribution is 0.315. The number of aryl methyl sites for hydroxylation is 1. The second-order valence-electron chi connectivity index (χ2n) is 5.47. The van der Waals surface area contributed by atoms with E-state index < -0.39 is 15.6 Å². The second kappa shape index (κ2) is 5.92. The molecular formula is C14H21N3O2S. The molecule has 0 aliphatic heterocycles. The SMILES string of the molecule is Cc1cc(S(=O)(=O)NC(C)(CN)C(C)C)ccc1C#N. The number of hydrogen-bond acceptors (Lipinski definition) is 4. The maximum Gasteiger partial charge on any atom is 0.241 e. The topological polar surface area (TPSA) is 96.0 Å². The molecule has 1 unspecified atom stereocenters. The van der Waals surface area contributed by atoms with Crippen LogP contribution < -0.4 is 10.5 Å². The van der Waals surface area contributed by atoms with Gasteiger partial charge in [-0.15, -0.1) is 0 Å². The van der Waals surface area contributed by atoms with Crippen molar-refractivity contribution in [3.8, 4) is 6.07 Å². The Morgan fingerprint density at radius 3 is 2.45 bits per heavy atom. The molecular weight excluding hydrogens is 274 g/mol. The highest BCUT2D eigenvalue weighted by atomic mass is 32.2. The van der Waals surface area contributed by atoms with Crippen LogP contribution in [0.25, 0.3) is 0 Å². The van der Waals surface area contributed by atoms with Crippen molar-refractivity contribution in [3.05, 3.63) is 29.3 Å². The van der Waals surface area contributed by atoms with Gasteiger partial charge in [0.25, 0.3) is 0 Å². The molecule has 110 valence electrons. The smallest absolute Gasteiger partial charge is 0.241 e. The van der Waals surface area contributed by atoms with Crippen molar-refractivity contribution in [1.29, 1.82) is 5.26 Å². The molecule has 0 aromatic heterocycles. The quantitative estimate of drug-likeness (QED) is 0.860. The zero-order valence-corrected chi connectivity index (χ0v) is 13.1. The molecule has 0 amide bonds. The van der Waals surface area contributed by atoms with Gasteiger partial charge in [-0.05, 0) is 43.5 Å². The minimum Gasteiger partial charge on any atom is -0.329 e. The normalized spacial score (nSPS) is 14.8. The number of sulfonamides is 1. The summed E-state index contributed by atoms with van der Waals surface area (Å²) in [5.41, 5.74) is 6.09. The van der Waals surface area contributed by atoms with Crippen LogP contribution in [0.1, 0.15) is 31.9 Å². The molecule has 1 atom stereocenters. The van der Waals surface area contributed by atoms with Crippen LogP contribution in [-0.2, 0) is 10.0 Å². The van der Waals surface area contributed by atoms with E-state index in [0.29, 0.717) is 11.1 Å². The van der Waals surface area contributed by atoms with E-state index >= 15 is 0 Å². The average molecular weight is 295 g/mol. The lowest BCUT2D eigenvalue weighted by atomic mass is 9.90. The molecule has 3 N–H and O–H groups in total. The first-order valence-electron chi connectivity index (χ1n) is 6.41. The number of nitrogens with two attached hydrogens (primary N) is 1. The molecule has 0 saturated heterocycles. The van der Waals surface area contributed by atoms with Crippen molar-refractivity contribution >= 4 is 10.0 Å². The highest BCUT2D eigenvalue weighted by molar-refractivity contribution is 7.89. The van der Waals surface area contributed by atoms with Crippen LogP contribution in [0.2, 0.25) is 0 Å². The summed E-state index contributed by atoms with van der Waals surface area (Å²) >= 11 is 0. The van der Waals surface area contributed by atoms with Crippen LogP contribution in [0.4, 0.5) is 0 Å². The molecule has 0 heterocycles. The lowest BCUT2D eigenvalue weighted by Crippen LogP contribution is -2.54. The van der Waals surface area contributed by atoms with Crippen LogP contribution >= 0.6 is 0 Å². The van der Waals surface area contributed by atoms with Crippen molar-refractivity contribution in [2.75, 3.05) is 6.54 Å². The molecule has 0 saturated carbocycles. The summed E-state index contributed by atoms with van der Waals surface area (Å²) in [5, 5.41) is 8.88. The molecule has 6 heteroatoms. The van der Waals surface area contributed by atoms with Crippen molar-refractivity contribution in [2.24, 2.45) is 11.7 Å². The minimum atomic E-state index is -3.66. The average Bonchev–Trinajstić information content (AvgIpc) is 2.37. The van der Waals surface area contributed by atoms with Gasteiger partial charge in [-0.1, -0.05) is 13.8 Å². The third-order valence-corrected chi connectivity index (χ3v) is 5.30. The van der Waals surface area contributed by atoms with Crippen LogP contribution in [0.15, 0.2) is 23.1 Å². The Hall–Kier alpha value is -1.42. The van der Waals surface area contributed by atoms with E-state index in [1.807, 2.05) is 19.9 Å². The van der Waals surface area contributed by atoms with Gasteiger partial charge in [0.1, 0.15) is 0 Å². The number of benzene rings is 1. The predicted molar refractivity (Wildman–Crippen MR) is 78.5 cm³/mol. The fourth-order valence-corrected chi connectivity index (χ4v) is 3.32. The molecule has 0 spiro atoms. The van der Waals surface area contributed by atoms with Gasteiger partial charge < -0.3 is 5.73 Å². The highest BCUT2D eigenvalue weighted by Gasteiger charge is 2.32. The number of nitriles is 1. The van der Waals surface area contributed by atoms with Crippen LogP contribution in [0, 0.1) is 24.2 Å². The van der Waals surface area contributed by atoms with Crippen molar-refractivity contribution in [3.63, 3.8) is 0 Å². The van der Waals surface area contributed by atoms with E-state index in [2.05, 4.69) is 4.72 Å². The van der Waals surface area contributed by atoms with E-state index in [1.54, 1.807) is 13.8 Å². The summed E-state index contributed by atoms with van der Waals surface area (Å²) in [5.74, 6) is 0.0572. The third-order valence-electron chi connectivity index (χ3n) is 3.69. The number of nitrogens with zero attached hydrogens (tertiary/aromatic N) is 1. The minimum absolute atomic E-state index is 0.0572. The van der Waals surface area contributed by atoms with Gasteiger partial charge in [-0.2, -0.15) is 5.26 Å². The summed E-state index contributed by atoms with van der Waals surface area (Å²) in [6, 6.07) is 6.46. The Bertz CT molecular complexity index is 632. The molecule has 0 aliphatic rings. The van der Waals surface area contributed by atoms with Crippen molar-refractivity contribution < 1.29 is 8.42 Å². The van der Waals surface area contributed by atoms with Gasteiger partial charge in [0.05, 0.1) is 16.5 Å². The monoisotopic (exact) mass is 295 g/mol. The lowest BCUT2D eigenvalue weighted by Gasteiger charge is -2.33. The molecule has 0 fully saturated rings. The molecule has 20 heavy (non-hydrogen) atoms. The van der Waals surface area contributed by atoms with Gasteiger partial charge in [0.2, 0.25) is 10.0 Å². The fourth-order valence-electron chi connectivity index (χ4n) is 1.69. The summed E-state index contributed by atoms with van der Waals surface area (Å²) < 4.78 is 27.5. The van der Waals surface area contributed by atoms with Crippen LogP contribution in [0.3, 0.4) is 0 Å². The number of rotatable bonds is 5. The number of hydrogen-bond donors (Lipinski definition) is 2. The van der Waals surface area contributed by atoms with Gasteiger partial charge in [-0.25, -0.2) is 13.1 Å². The molecule has 0 radical (unpaired) electrons. The first kappa shape index (κ1) is 16.6. The van der Waals surface area contributed by atoms with Gasteiger partial charge >= 0.3 is 0 Å². The Morgan fingerprint density at radius 2 is 2.05 bits per heavy atom. The van der Waals surface area contributed by atoms with Crippen molar-refractivity contribution in [2.45, 2.75) is 38.1 Å². The Kier molecular flexibility index (Phi) is 4.92. The Balaban J connectivity index is 3.19. The molecule has 5 nitrogen and oxygen atoms in total. The largest absolute Gasteiger partial charge is 0.329 e. The molecule has 0 bridgehead atoms. The maximum absolute atomic E-state index is 12.4. The van der Waals surface area contributed by atoms with Gasteiger partial charge in [0.15, 0.2) is 0 Å². The highest BCUT2D eigenvalue weighted by Crippen LogP contribution is 2.21. The predicted octanol–water partition coefficient (Wildman–Crippen LogP) is 1.52. The summed E-state index contributed by atoms with van der Waals surface area (Å²) in [7, 11) is -3.66. The summed E-state index contributed by atoms with van der Waals surface area (Å²) in [6.45, 7) is 7.53. The van der Waals surface area contributed by atoms with Gasteiger partial charge in [-0.3, -0.25) is 0 Å². The maximum atomic E-state index is 12.4. The van der Waals surface area contributed by atoms with Crippen LogP contribution in [-0.4, -0.2) is 20.5 Å².